The number of amides is 2. The minimum Gasteiger partial charge on any atom is -0.465 e. The number of rotatable bonds is 8. The van der Waals surface area contributed by atoms with Crippen molar-refractivity contribution in [1.82, 2.24) is 29.8 Å². The Morgan fingerprint density at radius 1 is 1.20 bits per heavy atom. The SMILES string of the molecule is CO[C@@H](C)c1c(Nc2ccc([C@H](N(C)C(=O)C3CCC(NC(=O)O)CC3)C(F)(F)F)cc2)cnc2nc(Cl)nn12. The first-order chi connectivity index (χ1) is 18.9. The lowest BCUT2D eigenvalue weighted by Gasteiger charge is -2.35. The molecule has 0 saturated heterocycles. The standard InChI is InChI=1S/C25H29ClF3N7O4/c1-13(40-3)19-18(12-30-23-33-22(26)34-36(19)23)31-16-8-4-14(5-9-16)20(25(27,28)29)35(2)21(37)15-6-10-17(11-7-15)32-24(38)39/h4-5,8-9,12-13,15,17,20,31-32H,6-7,10-11H2,1-3H3,(H,38,39)/t13-,15?,17?,20-/m0/s1. The van der Waals surface area contributed by atoms with Gasteiger partial charge in [0.1, 0.15) is 0 Å². The van der Waals surface area contributed by atoms with Crippen LogP contribution in [0.5, 0.6) is 0 Å². The second kappa shape index (κ2) is 11.8. The predicted octanol–water partition coefficient (Wildman–Crippen LogP) is 5.12. The molecule has 0 radical (unpaired) electrons. The number of alkyl halides is 3. The molecule has 1 saturated carbocycles. The van der Waals surface area contributed by atoms with Crippen LogP contribution < -0.4 is 10.6 Å². The first-order valence-corrected chi connectivity index (χ1v) is 12.9. The van der Waals surface area contributed by atoms with E-state index in [4.69, 9.17) is 21.4 Å². The summed E-state index contributed by atoms with van der Waals surface area (Å²) in [7, 11) is 2.67. The van der Waals surface area contributed by atoms with Gasteiger partial charge in [-0.05, 0) is 61.9 Å². The van der Waals surface area contributed by atoms with Crippen LogP contribution in [-0.2, 0) is 9.53 Å². The summed E-state index contributed by atoms with van der Waals surface area (Å²) in [5, 5.41) is 18.5. The van der Waals surface area contributed by atoms with Crippen LogP contribution in [0.2, 0.25) is 5.28 Å². The number of methoxy groups -OCH3 is 1. The zero-order valence-corrected chi connectivity index (χ0v) is 22.7. The van der Waals surface area contributed by atoms with Gasteiger partial charge in [-0.3, -0.25) is 4.79 Å². The van der Waals surface area contributed by atoms with E-state index < -0.39 is 36.2 Å². The summed E-state index contributed by atoms with van der Waals surface area (Å²) < 4.78 is 49.6. The van der Waals surface area contributed by atoms with Crippen molar-refractivity contribution in [3.63, 3.8) is 0 Å². The van der Waals surface area contributed by atoms with Crippen molar-refractivity contribution in [3.05, 3.63) is 47.0 Å². The van der Waals surface area contributed by atoms with Gasteiger partial charge >= 0.3 is 12.3 Å². The van der Waals surface area contributed by atoms with Crippen molar-refractivity contribution >= 4 is 40.8 Å². The molecule has 2 amide bonds. The summed E-state index contributed by atoms with van der Waals surface area (Å²) in [6.45, 7) is 1.79. The van der Waals surface area contributed by atoms with Crippen molar-refractivity contribution in [1.29, 1.82) is 0 Å². The molecule has 4 rings (SSSR count). The molecule has 2 atom stereocenters. The highest BCUT2D eigenvalue weighted by Crippen LogP contribution is 2.39. The Kier molecular flexibility index (Phi) is 8.68. The van der Waals surface area contributed by atoms with Crippen molar-refractivity contribution in [2.75, 3.05) is 19.5 Å². The first kappa shape index (κ1) is 29.3. The lowest BCUT2D eigenvalue weighted by atomic mass is 9.85. The van der Waals surface area contributed by atoms with Crippen LogP contribution in [0.4, 0.5) is 29.3 Å². The molecule has 0 aliphatic heterocycles. The second-order valence-corrected chi connectivity index (χ2v) is 10.0. The van der Waals surface area contributed by atoms with Gasteiger partial charge < -0.3 is 25.4 Å². The largest absolute Gasteiger partial charge is 0.465 e. The quantitative estimate of drug-likeness (QED) is 0.333. The number of halogens is 4. The third-order valence-electron chi connectivity index (χ3n) is 7.07. The summed E-state index contributed by atoms with van der Waals surface area (Å²) in [5.74, 6) is -0.976. The van der Waals surface area contributed by atoms with Crippen LogP contribution in [-0.4, -0.2) is 68.0 Å². The molecule has 1 aliphatic carbocycles. The fraction of sp³-hybridized carbons (Fsp3) is 0.480. The zero-order valence-electron chi connectivity index (χ0n) is 21.9. The minimum absolute atomic E-state index is 0.000359. The lowest BCUT2D eigenvalue weighted by Crippen LogP contribution is -2.45. The van der Waals surface area contributed by atoms with Gasteiger partial charge in [-0.25, -0.2) is 9.78 Å². The summed E-state index contributed by atoms with van der Waals surface area (Å²) in [6.07, 6.45) is -3.44. The Morgan fingerprint density at radius 3 is 2.42 bits per heavy atom. The molecule has 11 nitrogen and oxygen atoms in total. The Balaban J connectivity index is 1.53. The average molecular weight is 584 g/mol. The third kappa shape index (κ3) is 6.39. The van der Waals surface area contributed by atoms with Crippen LogP contribution >= 0.6 is 11.6 Å². The maximum atomic E-state index is 14.2. The Hall–Kier alpha value is -3.65. The van der Waals surface area contributed by atoms with E-state index in [2.05, 4.69) is 25.7 Å². The topological polar surface area (TPSA) is 134 Å². The van der Waals surface area contributed by atoms with Crippen molar-refractivity contribution < 1.29 is 32.6 Å². The fourth-order valence-corrected chi connectivity index (χ4v) is 5.19. The van der Waals surface area contributed by atoms with E-state index in [-0.39, 0.29) is 22.7 Å². The van der Waals surface area contributed by atoms with Gasteiger partial charge in [0, 0.05) is 31.8 Å². The van der Waals surface area contributed by atoms with Crippen molar-refractivity contribution in [3.8, 4) is 0 Å². The number of nitrogens with one attached hydrogen (secondary N) is 2. The number of hydrogen-bond donors (Lipinski definition) is 3. The number of carbonyl (C=O) groups is 2. The van der Waals surface area contributed by atoms with Crippen molar-refractivity contribution in [2.24, 2.45) is 5.92 Å². The lowest BCUT2D eigenvalue weighted by molar-refractivity contribution is -0.191. The summed E-state index contributed by atoms with van der Waals surface area (Å²) >= 11 is 5.93. The molecule has 40 heavy (non-hydrogen) atoms. The van der Waals surface area contributed by atoms with Crippen LogP contribution in [0.1, 0.15) is 56.0 Å². The van der Waals surface area contributed by atoms with Gasteiger partial charge in [-0.1, -0.05) is 12.1 Å². The van der Waals surface area contributed by atoms with Gasteiger partial charge in [0.15, 0.2) is 6.04 Å². The van der Waals surface area contributed by atoms with E-state index in [1.54, 1.807) is 6.92 Å². The molecule has 15 heteroatoms. The normalized spacial score (nSPS) is 19.2. The summed E-state index contributed by atoms with van der Waals surface area (Å²) in [5.41, 5.74) is 1.42. The molecule has 0 spiro atoms. The number of anilines is 2. The van der Waals surface area contributed by atoms with Gasteiger partial charge in [0.05, 0.1) is 23.7 Å². The number of carboxylic acid groups (broad SMARTS) is 1. The molecule has 0 bridgehead atoms. The maximum absolute atomic E-state index is 14.2. The van der Waals surface area contributed by atoms with Crippen LogP contribution in [0.25, 0.3) is 5.78 Å². The minimum atomic E-state index is -4.72. The van der Waals surface area contributed by atoms with Gasteiger partial charge in [0.2, 0.25) is 11.2 Å². The third-order valence-corrected chi connectivity index (χ3v) is 7.23. The molecule has 1 fully saturated rings. The summed E-state index contributed by atoms with van der Waals surface area (Å²) in [4.78, 5) is 32.9. The molecule has 1 aromatic carbocycles. The van der Waals surface area contributed by atoms with Crippen LogP contribution in [0.15, 0.2) is 30.5 Å². The highest BCUT2D eigenvalue weighted by Gasteiger charge is 2.46. The average Bonchev–Trinajstić information content (AvgIpc) is 3.28. The number of hydrogen-bond acceptors (Lipinski definition) is 7. The molecule has 3 aromatic rings. The number of ether oxygens (including phenoxy) is 1. The fourth-order valence-electron chi connectivity index (χ4n) is 5.04. The van der Waals surface area contributed by atoms with Crippen LogP contribution in [0, 0.1) is 5.92 Å². The Bertz CT molecular complexity index is 1360. The second-order valence-electron chi connectivity index (χ2n) is 9.67. The Labute approximate surface area is 232 Å². The number of nitrogens with zero attached hydrogens (tertiary/aromatic N) is 5. The van der Waals surface area contributed by atoms with Crippen LogP contribution in [0.3, 0.4) is 0 Å². The molecule has 3 N–H and O–H groups in total. The Morgan fingerprint density at radius 2 is 1.85 bits per heavy atom. The highest BCUT2D eigenvalue weighted by atomic mass is 35.5. The van der Waals surface area contributed by atoms with Crippen molar-refractivity contribution in [2.45, 2.75) is 57.0 Å². The van der Waals surface area contributed by atoms with Gasteiger partial charge in [-0.2, -0.15) is 22.7 Å². The molecule has 0 unspecified atom stereocenters. The van der Waals surface area contributed by atoms with E-state index in [1.807, 2.05) is 0 Å². The first-order valence-electron chi connectivity index (χ1n) is 12.5. The van der Waals surface area contributed by atoms with E-state index >= 15 is 0 Å². The van der Waals surface area contributed by atoms with Gasteiger partial charge in [0.25, 0.3) is 5.78 Å². The van der Waals surface area contributed by atoms with Gasteiger partial charge in [-0.15, -0.1) is 5.10 Å². The highest BCUT2D eigenvalue weighted by molar-refractivity contribution is 6.28. The smallest absolute Gasteiger partial charge is 0.413 e. The number of carbonyl (C=O) groups excluding carboxylic acids is 1. The molecular formula is C25H29ClF3N7O4. The van der Waals surface area contributed by atoms with E-state index in [0.717, 1.165) is 11.9 Å². The van der Waals surface area contributed by atoms with E-state index in [9.17, 15) is 22.8 Å². The summed E-state index contributed by atoms with van der Waals surface area (Å²) in [6, 6.07) is 3.13. The number of fused-ring (bicyclic) bond motifs is 1. The molecule has 2 aromatic heterocycles. The van der Waals surface area contributed by atoms with E-state index in [0.29, 0.717) is 42.8 Å². The maximum Gasteiger partial charge on any atom is 0.413 e. The van der Waals surface area contributed by atoms with E-state index in [1.165, 1.54) is 42.1 Å². The number of aromatic nitrogens is 4. The number of benzene rings is 1. The monoisotopic (exact) mass is 583 g/mol. The molecule has 2 heterocycles. The molecule has 216 valence electrons. The molecular weight excluding hydrogens is 555 g/mol. The predicted molar refractivity (Wildman–Crippen MR) is 139 cm³/mol. The zero-order chi connectivity index (χ0) is 29.2. The molecule has 1 aliphatic rings.